The number of rotatable bonds is 4. The van der Waals surface area contributed by atoms with Crippen LogP contribution in [0.4, 0.5) is 0 Å². The van der Waals surface area contributed by atoms with Gasteiger partial charge in [-0.1, -0.05) is 42.8 Å². The lowest BCUT2D eigenvalue weighted by Crippen LogP contribution is -2.26. The third-order valence-electron chi connectivity index (χ3n) is 3.73. The number of unbranched alkanes of at least 4 members (excludes halogenated alkanes) is 1. The van der Waals surface area contributed by atoms with Crippen LogP contribution in [0.15, 0.2) is 28.8 Å². The standard InChI is InChI=1S/C16H18N2O2/c1-2-3-10-17-16(19)14-13-9-8-11-6-4-5-7-12(11)15(13)20-18-14/h4-7H,2-3,8-10H2,1H3,(H,17,19). The van der Waals surface area contributed by atoms with Crippen LogP contribution in [0.3, 0.4) is 0 Å². The minimum Gasteiger partial charge on any atom is -0.355 e. The van der Waals surface area contributed by atoms with Gasteiger partial charge in [0.1, 0.15) is 0 Å². The maximum absolute atomic E-state index is 12.1. The number of nitrogens with zero attached hydrogens (tertiary/aromatic N) is 1. The Labute approximate surface area is 118 Å². The summed E-state index contributed by atoms with van der Waals surface area (Å²) in [5.74, 6) is 0.635. The summed E-state index contributed by atoms with van der Waals surface area (Å²) in [4.78, 5) is 12.1. The molecule has 0 bridgehead atoms. The molecule has 1 aromatic carbocycles. The summed E-state index contributed by atoms with van der Waals surface area (Å²) in [5.41, 5.74) is 3.71. The van der Waals surface area contributed by atoms with E-state index in [-0.39, 0.29) is 5.91 Å². The van der Waals surface area contributed by atoms with E-state index < -0.39 is 0 Å². The quantitative estimate of drug-likeness (QED) is 0.869. The number of nitrogens with one attached hydrogen (secondary N) is 1. The topological polar surface area (TPSA) is 55.1 Å². The number of benzene rings is 1. The molecule has 1 aromatic heterocycles. The number of amides is 1. The van der Waals surface area contributed by atoms with Crippen LogP contribution < -0.4 is 5.32 Å². The highest BCUT2D eigenvalue weighted by molar-refractivity contribution is 5.95. The van der Waals surface area contributed by atoms with Crippen molar-refractivity contribution in [2.24, 2.45) is 0 Å². The highest BCUT2D eigenvalue weighted by Gasteiger charge is 2.26. The molecular weight excluding hydrogens is 252 g/mol. The Kier molecular flexibility index (Phi) is 3.54. The van der Waals surface area contributed by atoms with Crippen LogP contribution in [0, 0.1) is 0 Å². The van der Waals surface area contributed by atoms with Crippen LogP contribution in [0.1, 0.15) is 41.4 Å². The predicted molar refractivity (Wildman–Crippen MR) is 76.6 cm³/mol. The van der Waals surface area contributed by atoms with E-state index in [4.69, 9.17) is 4.52 Å². The zero-order chi connectivity index (χ0) is 13.9. The van der Waals surface area contributed by atoms with Gasteiger partial charge in [-0.25, -0.2) is 0 Å². The summed E-state index contributed by atoms with van der Waals surface area (Å²) >= 11 is 0. The highest BCUT2D eigenvalue weighted by atomic mass is 16.5. The lowest BCUT2D eigenvalue weighted by molar-refractivity contribution is 0.0943. The Morgan fingerprint density at radius 3 is 3.05 bits per heavy atom. The SMILES string of the molecule is CCCCNC(=O)c1noc2c1CCc1ccccc1-2. The average molecular weight is 270 g/mol. The lowest BCUT2D eigenvalue weighted by atomic mass is 9.89. The van der Waals surface area contributed by atoms with Gasteiger partial charge >= 0.3 is 0 Å². The normalized spacial score (nSPS) is 12.7. The Morgan fingerprint density at radius 2 is 2.20 bits per heavy atom. The van der Waals surface area contributed by atoms with Crippen molar-refractivity contribution >= 4 is 5.91 Å². The number of hydrogen-bond acceptors (Lipinski definition) is 3. The molecule has 1 aliphatic carbocycles. The molecule has 0 spiro atoms. The summed E-state index contributed by atoms with van der Waals surface area (Å²) in [7, 11) is 0. The summed E-state index contributed by atoms with van der Waals surface area (Å²) in [5, 5.41) is 6.89. The molecule has 0 saturated carbocycles. The van der Waals surface area contributed by atoms with Crippen molar-refractivity contribution in [1.82, 2.24) is 10.5 Å². The third-order valence-corrected chi connectivity index (χ3v) is 3.73. The maximum atomic E-state index is 12.1. The van der Waals surface area contributed by atoms with E-state index in [0.717, 1.165) is 42.6 Å². The van der Waals surface area contributed by atoms with Crippen LogP contribution in [-0.4, -0.2) is 17.6 Å². The second-order valence-corrected chi connectivity index (χ2v) is 5.11. The van der Waals surface area contributed by atoms with Gasteiger partial charge in [-0.3, -0.25) is 4.79 Å². The molecule has 1 N–H and O–H groups in total. The van der Waals surface area contributed by atoms with Crippen molar-refractivity contribution in [1.29, 1.82) is 0 Å². The van der Waals surface area contributed by atoms with Crippen LogP contribution >= 0.6 is 0 Å². The largest absolute Gasteiger partial charge is 0.355 e. The van der Waals surface area contributed by atoms with Crippen molar-refractivity contribution < 1.29 is 9.32 Å². The molecular formula is C16H18N2O2. The summed E-state index contributed by atoms with van der Waals surface area (Å²) in [6.07, 6.45) is 3.78. The minimum absolute atomic E-state index is 0.122. The molecule has 0 aliphatic heterocycles. The molecule has 1 heterocycles. The highest BCUT2D eigenvalue weighted by Crippen LogP contribution is 2.34. The average Bonchev–Trinajstić information content (AvgIpc) is 2.92. The van der Waals surface area contributed by atoms with Crippen molar-refractivity contribution in [2.45, 2.75) is 32.6 Å². The second-order valence-electron chi connectivity index (χ2n) is 5.11. The number of fused-ring (bicyclic) bond motifs is 3. The molecule has 104 valence electrons. The Balaban J connectivity index is 1.88. The zero-order valence-electron chi connectivity index (χ0n) is 11.6. The zero-order valence-corrected chi connectivity index (χ0v) is 11.6. The molecule has 1 aliphatic rings. The molecule has 0 unspecified atom stereocenters. The second kappa shape index (κ2) is 5.49. The van der Waals surface area contributed by atoms with Crippen molar-refractivity contribution in [2.75, 3.05) is 6.54 Å². The molecule has 0 saturated heterocycles. The lowest BCUT2D eigenvalue weighted by Gasteiger charge is -2.14. The number of aromatic nitrogens is 1. The molecule has 4 nitrogen and oxygen atoms in total. The van der Waals surface area contributed by atoms with Crippen LogP contribution in [0.5, 0.6) is 0 Å². The minimum atomic E-state index is -0.122. The molecule has 3 rings (SSSR count). The van der Waals surface area contributed by atoms with Crippen LogP contribution in [-0.2, 0) is 12.8 Å². The molecule has 0 atom stereocenters. The Hall–Kier alpha value is -2.10. The molecule has 0 fully saturated rings. The van der Waals surface area contributed by atoms with E-state index in [0.29, 0.717) is 12.2 Å². The van der Waals surface area contributed by atoms with Crippen LogP contribution in [0.2, 0.25) is 0 Å². The van der Waals surface area contributed by atoms with Gasteiger partial charge in [0.2, 0.25) is 0 Å². The van der Waals surface area contributed by atoms with Gasteiger partial charge in [0.25, 0.3) is 5.91 Å². The fourth-order valence-electron chi connectivity index (χ4n) is 2.61. The molecule has 4 heteroatoms. The van der Waals surface area contributed by atoms with E-state index >= 15 is 0 Å². The van der Waals surface area contributed by atoms with Gasteiger partial charge < -0.3 is 9.84 Å². The Morgan fingerprint density at radius 1 is 1.35 bits per heavy atom. The maximum Gasteiger partial charge on any atom is 0.273 e. The summed E-state index contributed by atoms with van der Waals surface area (Å²) < 4.78 is 5.43. The third kappa shape index (κ3) is 2.22. The van der Waals surface area contributed by atoms with E-state index in [1.165, 1.54) is 5.56 Å². The fraction of sp³-hybridized carbons (Fsp3) is 0.375. The van der Waals surface area contributed by atoms with E-state index in [1.807, 2.05) is 18.2 Å². The van der Waals surface area contributed by atoms with Gasteiger partial charge in [0.05, 0.1) is 0 Å². The van der Waals surface area contributed by atoms with E-state index in [9.17, 15) is 4.79 Å². The van der Waals surface area contributed by atoms with E-state index in [1.54, 1.807) is 0 Å². The van der Waals surface area contributed by atoms with Crippen molar-refractivity contribution in [3.8, 4) is 11.3 Å². The van der Waals surface area contributed by atoms with Gasteiger partial charge in [-0.15, -0.1) is 0 Å². The summed E-state index contributed by atoms with van der Waals surface area (Å²) in [6.45, 7) is 2.79. The first kappa shape index (κ1) is 12.9. The van der Waals surface area contributed by atoms with Crippen molar-refractivity contribution in [3.05, 3.63) is 41.1 Å². The van der Waals surface area contributed by atoms with E-state index in [2.05, 4.69) is 23.5 Å². The van der Waals surface area contributed by atoms with Gasteiger partial charge in [-0.05, 0) is 24.8 Å². The smallest absolute Gasteiger partial charge is 0.273 e. The molecule has 0 radical (unpaired) electrons. The first-order valence-electron chi connectivity index (χ1n) is 7.16. The van der Waals surface area contributed by atoms with Gasteiger partial charge in [0.15, 0.2) is 11.5 Å². The predicted octanol–water partition coefficient (Wildman–Crippen LogP) is 2.97. The summed E-state index contributed by atoms with van der Waals surface area (Å²) in [6, 6.07) is 8.13. The number of aryl methyl sites for hydroxylation is 1. The van der Waals surface area contributed by atoms with Gasteiger partial charge in [0, 0.05) is 17.7 Å². The number of carbonyl (C=O) groups is 1. The molecule has 20 heavy (non-hydrogen) atoms. The van der Waals surface area contributed by atoms with Crippen molar-refractivity contribution in [3.63, 3.8) is 0 Å². The monoisotopic (exact) mass is 270 g/mol. The van der Waals surface area contributed by atoms with Crippen LogP contribution in [0.25, 0.3) is 11.3 Å². The Bertz CT molecular complexity index is 631. The molecule has 2 aromatic rings. The first-order chi connectivity index (χ1) is 9.81. The molecule has 1 amide bonds. The number of hydrogen-bond donors (Lipinski definition) is 1. The first-order valence-corrected chi connectivity index (χ1v) is 7.16. The van der Waals surface area contributed by atoms with Gasteiger partial charge in [-0.2, -0.15) is 0 Å². The number of carbonyl (C=O) groups excluding carboxylic acids is 1. The fourth-order valence-corrected chi connectivity index (χ4v) is 2.61.